The molecule has 1 amide bonds. The zero-order valence-electron chi connectivity index (χ0n) is 16.2. The number of ether oxygens (including phenoxy) is 1. The summed E-state index contributed by atoms with van der Waals surface area (Å²) >= 11 is 1.46. The smallest absolute Gasteiger partial charge is 0.237 e. The van der Waals surface area contributed by atoms with E-state index in [4.69, 9.17) is 4.74 Å². The highest BCUT2D eigenvalue weighted by Crippen LogP contribution is 2.28. The molecule has 0 aliphatic rings. The predicted octanol–water partition coefficient (Wildman–Crippen LogP) is 4.97. The van der Waals surface area contributed by atoms with Crippen molar-refractivity contribution in [3.05, 3.63) is 66.5 Å². The fourth-order valence-electron chi connectivity index (χ4n) is 2.72. The number of methoxy groups -OCH3 is 1. The van der Waals surface area contributed by atoms with E-state index in [1.165, 1.54) is 11.8 Å². The molecule has 0 aliphatic carbocycles. The van der Waals surface area contributed by atoms with Crippen molar-refractivity contribution in [2.75, 3.05) is 12.4 Å². The number of nitrogens with zero attached hydrogens (tertiary/aromatic N) is 2. The number of aryl methyl sites for hydroxylation is 1. The summed E-state index contributed by atoms with van der Waals surface area (Å²) in [5, 5.41) is 3.51. The van der Waals surface area contributed by atoms with E-state index < -0.39 is 0 Å². The molecule has 1 unspecified atom stereocenters. The number of benzene rings is 2. The van der Waals surface area contributed by atoms with Crippen LogP contribution >= 0.6 is 11.8 Å². The van der Waals surface area contributed by atoms with Gasteiger partial charge in [-0.25, -0.2) is 9.97 Å². The summed E-state index contributed by atoms with van der Waals surface area (Å²) in [5.74, 6) is 1.40. The lowest BCUT2D eigenvalue weighted by Gasteiger charge is -2.15. The second-order valence-electron chi connectivity index (χ2n) is 6.24. The van der Waals surface area contributed by atoms with Crippen LogP contribution in [0, 0.1) is 6.92 Å². The van der Waals surface area contributed by atoms with E-state index in [0.717, 1.165) is 27.7 Å². The van der Waals surface area contributed by atoms with Gasteiger partial charge in [0.25, 0.3) is 0 Å². The lowest BCUT2D eigenvalue weighted by molar-refractivity contribution is -0.115. The highest BCUT2D eigenvalue weighted by Gasteiger charge is 2.19. The number of carbonyl (C=O) groups is 1. The van der Waals surface area contributed by atoms with Crippen molar-refractivity contribution in [1.29, 1.82) is 0 Å². The highest BCUT2D eigenvalue weighted by molar-refractivity contribution is 8.00. The first kappa shape index (κ1) is 19.9. The van der Waals surface area contributed by atoms with Gasteiger partial charge in [-0.15, -0.1) is 0 Å². The van der Waals surface area contributed by atoms with Crippen LogP contribution in [0.1, 0.15) is 19.2 Å². The Hall–Kier alpha value is -2.86. The minimum atomic E-state index is -0.250. The maximum atomic E-state index is 12.7. The maximum Gasteiger partial charge on any atom is 0.237 e. The van der Waals surface area contributed by atoms with Crippen molar-refractivity contribution in [2.45, 2.75) is 30.5 Å². The summed E-state index contributed by atoms with van der Waals surface area (Å²) in [6.45, 7) is 3.87. The van der Waals surface area contributed by atoms with Gasteiger partial charge in [-0.2, -0.15) is 0 Å². The largest absolute Gasteiger partial charge is 0.497 e. The summed E-state index contributed by atoms with van der Waals surface area (Å²) in [6, 6.07) is 19.2. The van der Waals surface area contributed by atoms with E-state index in [0.29, 0.717) is 12.2 Å². The number of carbonyl (C=O) groups excluding carboxylic acids is 1. The van der Waals surface area contributed by atoms with Crippen molar-refractivity contribution in [1.82, 2.24) is 9.97 Å². The summed E-state index contributed by atoms with van der Waals surface area (Å²) in [5.41, 5.74) is 2.64. The summed E-state index contributed by atoms with van der Waals surface area (Å²) in [7, 11) is 1.62. The van der Waals surface area contributed by atoms with Crippen LogP contribution < -0.4 is 10.1 Å². The van der Waals surface area contributed by atoms with Gasteiger partial charge in [-0.1, -0.05) is 49.0 Å². The lowest BCUT2D eigenvalue weighted by Crippen LogP contribution is -2.24. The molecule has 0 radical (unpaired) electrons. The zero-order chi connectivity index (χ0) is 19.9. The first-order valence-corrected chi connectivity index (χ1v) is 9.99. The topological polar surface area (TPSA) is 64.1 Å². The van der Waals surface area contributed by atoms with Crippen molar-refractivity contribution < 1.29 is 9.53 Å². The van der Waals surface area contributed by atoms with Gasteiger partial charge in [0.05, 0.1) is 18.1 Å². The molecule has 28 heavy (non-hydrogen) atoms. The van der Waals surface area contributed by atoms with Crippen LogP contribution in [0.3, 0.4) is 0 Å². The average molecular weight is 394 g/mol. The van der Waals surface area contributed by atoms with Gasteiger partial charge < -0.3 is 10.1 Å². The minimum absolute atomic E-state index is 0.0461. The lowest BCUT2D eigenvalue weighted by atomic mass is 10.1. The Balaban J connectivity index is 1.74. The number of rotatable bonds is 7. The Morgan fingerprint density at radius 3 is 2.46 bits per heavy atom. The molecular formula is C22H23N3O2S. The molecular weight excluding hydrogens is 370 g/mol. The quantitative estimate of drug-likeness (QED) is 0.453. The number of hydrogen-bond acceptors (Lipinski definition) is 5. The molecule has 1 heterocycles. The monoisotopic (exact) mass is 393 g/mol. The standard InChI is InChI=1S/C22H23N3O2S/c1-4-20(22(26)25-17-10-12-18(27-3)13-11-17)28-21-14-19(23-15(2)24-21)16-8-6-5-7-9-16/h5-14,20H,4H2,1-3H3,(H,25,26). The van der Waals surface area contributed by atoms with Crippen molar-refractivity contribution in [2.24, 2.45) is 0 Å². The predicted molar refractivity (Wildman–Crippen MR) is 114 cm³/mol. The number of aromatic nitrogens is 2. The van der Waals surface area contributed by atoms with E-state index in [1.54, 1.807) is 7.11 Å². The van der Waals surface area contributed by atoms with E-state index in [-0.39, 0.29) is 11.2 Å². The number of amides is 1. The molecule has 144 valence electrons. The normalized spacial score (nSPS) is 11.7. The molecule has 0 aliphatic heterocycles. The fraction of sp³-hybridized carbons (Fsp3) is 0.227. The molecule has 0 spiro atoms. The van der Waals surface area contributed by atoms with Crippen LogP contribution in [-0.2, 0) is 4.79 Å². The van der Waals surface area contributed by atoms with Crippen LogP contribution in [0.15, 0.2) is 65.7 Å². The van der Waals surface area contributed by atoms with Gasteiger partial charge in [0, 0.05) is 11.3 Å². The van der Waals surface area contributed by atoms with Gasteiger partial charge in [-0.3, -0.25) is 4.79 Å². The number of thioether (sulfide) groups is 1. The molecule has 3 aromatic rings. The molecule has 5 nitrogen and oxygen atoms in total. The van der Waals surface area contributed by atoms with E-state index in [9.17, 15) is 4.79 Å². The molecule has 0 saturated carbocycles. The molecule has 0 saturated heterocycles. The SMILES string of the molecule is CCC(Sc1cc(-c2ccccc2)nc(C)n1)C(=O)Nc1ccc(OC)cc1. The number of hydrogen-bond donors (Lipinski definition) is 1. The fourth-order valence-corrected chi connectivity index (χ4v) is 3.71. The molecule has 3 rings (SSSR count). The second-order valence-corrected chi connectivity index (χ2v) is 7.46. The number of nitrogens with one attached hydrogen (secondary N) is 1. The zero-order valence-corrected chi connectivity index (χ0v) is 17.0. The van der Waals surface area contributed by atoms with E-state index >= 15 is 0 Å². The third-order valence-corrected chi connectivity index (χ3v) is 5.45. The molecule has 1 aromatic heterocycles. The molecule has 1 atom stereocenters. The maximum absolute atomic E-state index is 12.7. The molecule has 6 heteroatoms. The molecule has 1 N–H and O–H groups in total. The van der Waals surface area contributed by atoms with Crippen LogP contribution in [0.25, 0.3) is 11.3 Å². The molecule has 0 fully saturated rings. The Labute approximate surface area is 169 Å². The third kappa shape index (κ3) is 5.10. The number of anilines is 1. The first-order chi connectivity index (χ1) is 13.6. The van der Waals surface area contributed by atoms with Crippen molar-refractivity contribution in [3.8, 4) is 17.0 Å². The van der Waals surface area contributed by atoms with Gasteiger partial charge >= 0.3 is 0 Å². The molecule has 0 bridgehead atoms. The highest BCUT2D eigenvalue weighted by atomic mass is 32.2. The van der Waals surface area contributed by atoms with E-state index in [2.05, 4.69) is 15.3 Å². The summed E-state index contributed by atoms with van der Waals surface area (Å²) in [4.78, 5) is 21.8. The van der Waals surface area contributed by atoms with Crippen LogP contribution in [0.2, 0.25) is 0 Å². The van der Waals surface area contributed by atoms with Gasteiger partial charge in [-0.05, 0) is 43.7 Å². The van der Waals surface area contributed by atoms with Crippen LogP contribution in [0.4, 0.5) is 5.69 Å². The summed E-state index contributed by atoms with van der Waals surface area (Å²) in [6.07, 6.45) is 0.691. The van der Waals surface area contributed by atoms with Crippen molar-refractivity contribution in [3.63, 3.8) is 0 Å². The van der Waals surface area contributed by atoms with E-state index in [1.807, 2.05) is 74.5 Å². The van der Waals surface area contributed by atoms with Gasteiger partial charge in [0.2, 0.25) is 5.91 Å². The van der Waals surface area contributed by atoms with Gasteiger partial charge in [0.15, 0.2) is 0 Å². The summed E-state index contributed by atoms with van der Waals surface area (Å²) < 4.78 is 5.15. The minimum Gasteiger partial charge on any atom is -0.497 e. The Bertz CT molecular complexity index is 930. The Morgan fingerprint density at radius 2 is 1.82 bits per heavy atom. The first-order valence-electron chi connectivity index (χ1n) is 9.11. The van der Waals surface area contributed by atoms with Gasteiger partial charge in [0.1, 0.15) is 16.6 Å². The third-order valence-electron chi connectivity index (χ3n) is 4.17. The Morgan fingerprint density at radius 1 is 1.11 bits per heavy atom. The van der Waals surface area contributed by atoms with Crippen LogP contribution in [0.5, 0.6) is 5.75 Å². The van der Waals surface area contributed by atoms with Crippen molar-refractivity contribution >= 4 is 23.4 Å². The molecule has 2 aromatic carbocycles. The average Bonchev–Trinajstić information content (AvgIpc) is 2.72. The Kier molecular flexibility index (Phi) is 6.66. The van der Waals surface area contributed by atoms with Crippen LogP contribution in [-0.4, -0.2) is 28.2 Å². The second kappa shape index (κ2) is 9.37.